The van der Waals surface area contributed by atoms with Crippen molar-refractivity contribution < 1.29 is 14.3 Å². The molecule has 0 radical (unpaired) electrons. The van der Waals surface area contributed by atoms with Crippen molar-refractivity contribution in [3.8, 4) is 0 Å². The van der Waals surface area contributed by atoms with Gasteiger partial charge in [-0.1, -0.05) is 18.6 Å². The number of rotatable bonds is 6. The van der Waals surface area contributed by atoms with E-state index >= 15 is 0 Å². The Hall–Kier alpha value is -2.12. The molecule has 26 heavy (non-hydrogen) atoms. The van der Waals surface area contributed by atoms with E-state index in [2.05, 4.69) is 10.4 Å². The lowest BCUT2D eigenvalue weighted by atomic mass is 9.86. The molecule has 2 atom stereocenters. The number of aromatic nitrogens is 2. The van der Waals surface area contributed by atoms with Crippen molar-refractivity contribution >= 4 is 16.8 Å². The van der Waals surface area contributed by atoms with E-state index in [0.717, 1.165) is 18.5 Å². The van der Waals surface area contributed by atoms with Gasteiger partial charge >= 0.3 is 0 Å². The van der Waals surface area contributed by atoms with Crippen LogP contribution >= 0.6 is 0 Å². The van der Waals surface area contributed by atoms with E-state index in [0.29, 0.717) is 24.5 Å². The van der Waals surface area contributed by atoms with Gasteiger partial charge < -0.3 is 14.8 Å². The summed E-state index contributed by atoms with van der Waals surface area (Å²) in [5.41, 5.74) is 0.554. The Morgan fingerprint density at radius 2 is 2.15 bits per heavy atom. The number of carbonyl (C=O) groups is 1. The van der Waals surface area contributed by atoms with Crippen LogP contribution in [0.3, 0.4) is 0 Å². The first-order valence-corrected chi connectivity index (χ1v) is 9.37. The molecule has 0 bridgehead atoms. The number of para-hydroxylation sites is 1. The molecule has 1 saturated heterocycles. The van der Waals surface area contributed by atoms with Gasteiger partial charge in [0.15, 0.2) is 0 Å². The van der Waals surface area contributed by atoms with Crippen LogP contribution in [0.15, 0.2) is 29.1 Å². The minimum Gasteiger partial charge on any atom is -0.379 e. The van der Waals surface area contributed by atoms with Crippen molar-refractivity contribution in [1.82, 2.24) is 15.1 Å². The maximum absolute atomic E-state index is 12.5. The molecular weight excluding hydrogens is 334 g/mol. The van der Waals surface area contributed by atoms with Crippen molar-refractivity contribution in [3.05, 3.63) is 34.6 Å². The quantitative estimate of drug-likeness (QED) is 0.817. The molecule has 0 unspecified atom stereocenters. The van der Waals surface area contributed by atoms with Crippen molar-refractivity contribution in [2.45, 2.75) is 44.4 Å². The van der Waals surface area contributed by atoms with Crippen LogP contribution in [-0.2, 0) is 20.8 Å². The summed E-state index contributed by atoms with van der Waals surface area (Å²) in [5, 5.41) is 6.60. The van der Waals surface area contributed by atoms with Crippen molar-refractivity contribution in [3.63, 3.8) is 0 Å². The number of fused-ring (bicyclic) bond motifs is 1. The van der Waals surface area contributed by atoms with Gasteiger partial charge in [-0.05, 0) is 37.3 Å². The summed E-state index contributed by atoms with van der Waals surface area (Å²) in [5.74, 6) is 0.459. The summed E-state index contributed by atoms with van der Waals surface area (Å²) >= 11 is 0. The minimum absolute atomic E-state index is 0.0276. The molecule has 1 amide bonds. The Morgan fingerprint density at radius 3 is 2.92 bits per heavy atom. The molecule has 2 heterocycles. The molecule has 1 aromatic carbocycles. The Kier molecular flexibility index (Phi) is 5.08. The zero-order valence-corrected chi connectivity index (χ0v) is 14.8. The van der Waals surface area contributed by atoms with Gasteiger partial charge in [0.1, 0.15) is 12.6 Å². The van der Waals surface area contributed by atoms with E-state index < -0.39 is 0 Å². The molecule has 1 aromatic heterocycles. The van der Waals surface area contributed by atoms with E-state index in [1.165, 1.54) is 23.9 Å². The molecule has 1 saturated carbocycles. The zero-order valence-electron chi connectivity index (χ0n) is 14.8. The predicted molar refractivity (Wildman–Crippen MR) is 97.0 cm³/mol. The summed E-state index contributed by atoms with van der Waals surface area (Å²) < 4.78 is 12.9. The molecule has 0 spiro atoms. The highest BCUT2D eigenvalue weighted by molar-refractivity contribution is 5.79. The van der Waals surface area contributed by atoms with Gasteiger partial charge in [-0.15, -0.1) is 0 Å². The maximum Gasteiger partial charge on any atom is 0.274 e. The number of nitrogens with zero attached hydrogens (tertiary/aromatic N) is 1. The van der Waals surface area contributed by atoms with Crippen LogP contribution < -0.4 is 10.9 Å². The maximum atomic E-state index is 12.5. The minimum atomic E-state index is -0.192. The second-order valence-electron chi connectivity index (χ2n) is 7.25. The highest BCUT2D eigenvalue weighted by atomic mass is 16.5. The molecule has 1 aliphatic heterocycles. The standard InChI is InChI=1S/C19H25N3O4/c23-18(10-22-19(24)14-6-1-2-7-15(14)21-22)20-16-8-9-25-12-17(16)26-11-13-4-3-5-13/h1-2,6-7,13,16-17,21H,3-5,8-12H2,(H,20,23)/t16-,17-/m1/s1. The van der Waals surface area contributed by atoms with Crippen LogP contribution in [0.1, 0.15) is 25.7 Å². The van der Waals surface area contributed by atoms with Gasteiger partial charge in [-0.2, -0.15) is 0 Å². The van der Waals surface area contributed by atoms with Gasteiger partial charge in [0.25, 0.3) is 5.56 Å². The molecule has 2 aromatic rings. The molecule has 7 heteroatoms. The van der Waals surface area contributed by atoms with E-state index in [1.807, 2.05) is 18.2 Å². The second-order valence-corrected chi connectivity index (χ2v) is 7.25. The Morgan fingerprint density at radius 1 is 1.31 bits per heavy atom. The van der Waals surface area contributed by atoms with Gasteiger partial charge in [-0.3, -0.25) is 14.7 Å². The average molecular weight is 359 g/mol. The number of nitrogens with one attached hydrogen (secondary N) is 2. The molecular formula is C19H25N3O4. The number of ether oxygens (including phenoxy) is 2. The summed E-state index contributed by atoms with van der Waals surface area (Å²) in [6.45, 7) is 1.83. The fourth-order valence-corrected chi connectivity index (χ4v) is 3.58. The first-order chi connectivity index (χ1) is 12.7. The summed E-state index contributed by atoms with van der Waals surface area (Å²) in [6.07, 6.45) is 4.35. The van der Waals surface area contributed by atoms with Crippen molar-refractivity contribution in [2.24, 2.45) is 5.92 Å². The van der Waals surface area contributed by atoms with Crippen LogP contribution in [0.2, 0.25) is 0 Å². The normalized spacial score (nSPS) is 23.7. The van der Waals surface area contributed by atoms with Crippen LogP contribution in [0, 0.1) is 5.92 Å². The van der Waals surface area contributed by atoms with Crippen LogP contribution in [-0.4, -0.2) is 47.7 Å². The van der Waals surface area contributed by atoms with Gasteiger partial charge in [-0.25, -0.2) is 4.68 Å². The van der Waals surface area contributed by atoms with Gasteiger partial charge in [0, 0.05) is 13.2 Å². The number of hydrogen-bond acceptors (Lipinski definition) is 4. The average Bonchev–Trinajstić information content (AvgIpc) is 2.91. The Labute approximate surface area is 151 Å². The Bertz CT molecular complexity index is 824. The third kappa shape index (κ3) is 3.68. The largest absolute Gasteiger partial charge is 0.379 e. The number of aromatic amines is 1. The van der Waals surface area contributed by atoms with Crippen molar-refractivity contribution in [2.75, 3.05) is 19.8 Å². The SMILES string of the molecule is O=C(Cn1[nH]c2ccccc2c1=O)N[C@@H]1CCOC[C@H]1OCC1CCC1. The topological polar surface area (TPSA) is 85.4 Å². The fourth-order valence-electron chi connectivity index (χ4n) is 3.58. The molecule has 7 nitrogen and oxygen atoms in total. The molecule has 4 rings (SSSR count). The second kappa shape index (κ2) is 7.63. The smallest absolute Gasteiger partial charge is 0.274 e. The highest BCUT2D eigenvalue weighted by Gasteiger charge is 2.29. The number of carbonyl (C=O) groups excluding carboxylic acids is 1. The monoisotopic (exact) mass is 359 g/mol. The van der Waals surface area contributed by atoms with Gasteiger partial charge in [0.05, 0.1) is 23.6 Å². The lowest BCUT2D eigenvalue weighted by Crippen LogP contribution is -2.51. The molecule has 1 aliphatic carbocycles. The lowest BCUT2D eigenvalue weighted by Gasteiger charge is -2.34. The molecule has 2 fully saturated rings. The van der Waals surface area contributed by atoms with Crippen molar-refractivity contribution in [1.29, 1.82) is 0 Å². The van der Waals surface area contributed by atoms with Crippen LogP contribution in [0.25, 0.3) is 10.9 Å². The Balaban J connectivity index is 1.37. The third-order valence-electron chi connectivity index (χ3n) is 5.38. The van der Waals surface area contributed by atoms with E-state index in [9.17, 15) is 9.59 Å². The fraction of sp³-hybridized carbons (Fsp3) is 0.579. The first kappa shape index (κ1) is 17.3. The molecule has 2 N–H and O–H groups in total. The summed E-state index contributed by atoms with van der Waals surface area (Å²) in [7, 11) is 0. The van der Waals surface area contributed by atoms with Gasteiger partial charge in [0.2, 0.25) is 5.91 Å². The lowest BCUT2D eigenvalue weighted by molar-refractivity contribution is -0.128. The zero-order chi connectivity index (χ0) is 17.9. The third-order valence-corrected chi connectivity index (χ3v) is 5.38. The van der Waals surface area contributed by atoms with Crippen LogP contribution in [0.5, 0.6) is 0 Å². The number of amides is 1. The number of benzene rings is 1. The first-order valence-electron chi connectivity index (χ1n) is 9.37. The number of H-pyrrole nitrogens is 1. The van der Waals surface area contributed by atoms with E-state index in [-0.39, 0.29) is 30.2 Å². The van der Waals surface area contributed by atoms with E-state index in [1.54, 1.807) is 6.07 Å². The van der Waals surface area contributed by atoms with E-state index in [4.69, 9.17) is 9.47 Å². The summed E-state index contributed by atoms with van der Waals surface area (Å²) in [6, 6.07) is 7.18. The highest BCUT2D eigenvalue weighted by Crippen LogP contribution is 2.27. The number of hydrogen-bond donors (Lipinski definition) is 2. The molecule has 140 valence electrons. The molecule has 2 aliphatic rings. The summed E-state index contributed by atoms with van der Waals surface area (Å²) in [4.78, 5) is 24.8. The van der Waals surface area contributed by atoms with Crippen LogP contribution in [0.4, 0.5) is 0 Å². The predicted octanol–water partition coefficient (Wildman–Crippen LogP) is 1.42.